The molecule has 0 aromatic carbocycles. The Hall–Kier alpha value is -0.280. The highest BCUT2D eigenvalue weighted by atomic mass is 35.5. The Labute approximate surface area is 104 Å². The molecule has 2 saturated carbocycles. The monoisotopic (exact) mass is 246 g/mol. The zero-order valence-corrected chi connectivity index (χ0v) is 11.0. The minimum Gasteiger partial charge on any atom is -0.353 e. The fourth-order valence-electron chi connectivity index (χ4n) is 3.15. The van der Waals surface area contributed by atoms with Crippen LogP contribution in [-0.2, 0) is 4.79 Å². The summed E-state index contributed by atoms with van der Waals surface area (Å²) in [5, 5.41) is 6.26. The maximum Gasteiger partial charge on any atom is 0.224 e. The highest BCUT2D eigenvalue weighted by molar-refractivity contribution is 5.85. The first-order valence-electron chi connectivity index (χ1n) is 6.15. The number of rotatable bonds is 4. The van der Waals surface area contributed by atoms with Crippen LogP contribution in [0.3, 0.4) is 0 Å². The zero-order chi connectivity index (χ0) is 10.8. The van der Waals surface area contributed by atoms with Crippen LogP contribution in [0.15, 0.2) is 0 Å². The number of carbonyl (C=O) groups is 1. The number of carbonyl (C=O) groups excluding carboxylic acids is 1. The van der Waals surface area contributed by atoms with E-state index in [1.807, 2.05) is 14.0 Å². The Morgan fingerprint density at radius 1 is 1.38 bits per heavy atom. The molecule has 2 fully saturated rings. The second-order valence-electron chi connectivity index (χ2n) is 5.25. The van der Waals surface area contributed by atoms with Gasteiger partial charge in [0.15, 0.2) is 0 Å². The summed E-state index contributed by atoms with van der Waals surface area (Å²) in [7, 11) is 1.89. The summed E-state index contributed by atoms with van der Waals surface area (Å²) >= 11 is 0. The third kappa shape index (κ3) is 2.89. The van der Waals surface area contributed by atoms with Gasteiger partial charge in [-0.1, -0.05) is 13.3 Å². The van der Waals surface area contributed by atoms with Crippen LogP contribution in [0.2, 0.25) is 0 Å². The molecular formula is C12H23ClN2O. The van der Waals surface area contributed by atoms with Gasteiger partial charge in [-0.2, -0.15) is 0 Å². The molecule has 1 amide bonds. The lowest BCUT2D eigenvalue weighted by Crippen LogP contribution is -2.43. The van der Waals surface area contributed by atoms with Crippen LogP contribution in [0.5, 0.6) is 0 Å². The summed E-state index contributed by atoms with van der Waals surface area (Å²) in [5.41, 5.74) is 0. The quantitative estimate of drug-likeness (QED) is 0.791. The molecule has 0 aromatic rings. The second kappa shape index (κ2) is 5.87. The Morgan fingerprint density at radius 3 is 2.62 bits per heavy atom. The van der Waals surface area contributed by atoms with Crippen molar-refractivity contribution in [3.63, 3.8) is 0 Å². The molecule has 0 aromatic heterocycles. The minimum atomic E-state index is 0. The number of halogens is 1. The summed E-state index contributed by atoms with van der Waals surface area (Å²) in [6, 6.07) is 0.482. The first-order valence-corrected chi connectivity index (χ1v) is 6.15. The van der Waals surface area contributed by atoms with E-state index in [4.69, 9.17) is 0 Å². The van der Waals surface area contributed by atoms with Gasteiger partial charge in [0.05, 0.1) is 0 Å². The smallest absolute Gasteiger partial charge is 0.224 e. The van der Waals surface area contributed by atoms with Crippen LogP contribution >= 0.6 is 12.4 Å². The summed E-state index contributed by atoms with van der Waals surface area (Å²) in [6.07, 6.45) is 5.30. The van der Waals surface area contributed by atoms with E-state index < -0.39 is 0 Å². The number of nitrogens with one attached hydrogen (secondary N) is 2. The van der Waals surface area contributed by atoms with Crippen molar-refractivity contribution < 1.29 is 4.79 Å². The predicted octanol–water partition coefficient (Wildman–Crippen LogP) is 1.57. The highest BCUT2D eigenvalue weighted by Gasteiger charge is 2.40. The fourth-order valence-corrected chi connectivity index (χ4v) is 3.15. The summed E-state index contributed by atoms with van der Waals surface area (Å²) in [4.78, 5) is 11.8. The molecule has 0 aliphatic heterocycles. The third-order valence-corrected chi connectivity index (χ3v) is 4.02. The summed E-state index contributed by atoms with van der Waals surface area (Å²) in [6.45, 7) is 2.76. The first-order chi connectivity index (χ1) is 7.20. The molecule has 3 nitrogen and oxygen atoms in total. The topological polar surface area (TPSA) is 41.1 Å². The number of fused-ring (bicyclic) bond motifs is 2. The lowest BCUT2D eigenvalue weighted by Gasteiger charge is -2.24. The number of amides is 1. The Morgan fingerprint density at radius 2 is 2.12 bits per heavy atom. The van der Waals surface area contributed by atoms with E-state index in [0.29, 0.717) is 6.04 Å². The van der Waals surface area contributed by atoms with Gasteiger partial charge in [0.1, 0.15) is 0 Å². The molecule has 16 heavy (non-hydrogen) atoms. The Bertz CT molecular complexity index is 247. The van der Waals surface area contributed by atoms with Crippen molar-refractivity contribution in [2.45, 2.75) is 38.6 Å². The van der Waals surface area contributed by atoms with Crippen LogP contribution in [-0.4, -0.2) is 25.5 Å². The average molecular weight is 247 g/mol. The van der Waals surface area contributed by atoms with Crippen molar-refractivity contribution in [3.8, 4) is 0 Å². The molecule has 2 rings (SSSR count). The number of hydrogen-bond acceptors (Lipinski definition) is 2. The zero-order valence-electron chi connectivity index (χ0n) is 10.2. The van der Waals surface area contributed by atoms with Gasteiger partial charge in [0.2, 0.25) is 5.91 Å². The van der Waals surface area contributed by atoms with E-state index in [-0.39, 0.29) is 24.2 Å². The van der Waals surface area contributed by atoms with Crippen LogP contribution in [0, 0.1) is 17.8 Å². The average Bonchev–Trinajstić information content (AvgIpc) is 2.79. The molecule has 4 heteroatoms. The maximum absolute atomic E-state index is 11.8. The van der Waals surface area contributed by atoms with Crippen LogP contribution in [0.1, 0.15) is 32.6 Å². The lowest BCUT2D eigenvalue weighted by molar-refractivity contribution is -0.125. The van der Waals surface area contributed by atoms with E-state index in [1.54, 1.807) is 0 Å². The van der Waals surface area contributed by atoms with E-state index in [1.165, 1.54) is 25.7 Å². The maximum atomic E-state index is 11.8. The highest BCUT2D eigenvalue weighted by Crippen LogP contribution is 2.44. The van der Waals surface area contributed by atoms with Crippen molar-refractivity contribution in [2.75, 3.05) is 13.6 Å². The van der Waals surface area contributed by atoms with Crippen molar-refractivity contribution >= 4 is 18.3 Å². The Balaban J connectivity index is 0.00000128. The molecule has 0 spiro atoms. The molecule has 4 atom stereocenters. The molecule has 2 aliphatic carbocycles. The normalized spacial score (nSPS) is 33.2. The van der Waals surface area contributed by atoms with Crippen LogP contribution in [0.4, 0.5) is 0 Å². The summed E-state index contributed by atoms with van der Waals surface area (Å²) in [5.74, 6) is 2.00. The van der Waals surface area contributed by atoms with Gasteiger partial charge in [-0.15, -0.1) is 12.4 Å². The van der Waals surface area contributed by atoms with Crippen molar-refractivity contribution in [1.82, 2.24) is 10.6 Å². The standard InChI is InChI=1S/C12H22N2O.ClH/c1-8(7-13-2)12(15)14-11-6-9-3-4-10(11)5-9;/h8-11,13H,3-7H2,1-2H3,(H,14,15);1H. The van der Waals surface area contributed by atoms with Gasteiger partial charge in [-0.25, -0.2) is 0 Å². The SMILES string of the molecule is CNCC(C)C(=O)NC1CC2CCC1C2.Cl. The fraction of sp³-hybridized carbons (Fsp3) is 0.917. The molecular weight excluding hydrogens is 224 g/mol. The number of hydrogen-bond donors (Lipinski definition) is 2. The molecule has 94 valence electrons. The molecule has 2 bridgehead atoms. The van der Waals surface area contributed by atoms with Gasteiger partial charge in [0, 0.05) is 18.5 Å². The van der Waals surface area contributed by atoms with Gasteiger partial charge in [-0.05, 0) is 38.1 Å². The van der Waals surface area contributed by atoms with E-state index in [9.17, 15) is 4.79 Å². The largest absolute Gasteiger partial charge is 0.353 e. The molecule has 0 radical (unpaired) electrons. The second-order valence-corrected chi connectivity index (χ2v) is 5.25. The van der Waals surface area contributed by atoms with Gasteiger partial charge in [0.25, 0.3) is 0 Å². The van der Waals surface area contributed by atoms with Crippen molar-refractivity contribution in [1.29, 1.82) is 0 Å². The third-order valence-electron chi connectivity index (χ3n) is 4.02. The summed E-state index contributed by atoms with van der Waals surface area (Å²) < 4.78 is 0. The van der Waals surface area contributed by atoms with Gasteiger partial charge >= 0.3 is 0 Å². The predicted molar refractivity (Wildman–Crippen MR) is 67.7 cm³/mol. The van der Waals surface area contributed by atoms with Crippen molar-refractivity contribution in [3.05, 3.63) is 0 Å². The minimum absolute atomic E-state index is 0. The first kappa shape index (κ1) is 13.8. The van der Waals surface area contributed by atoms with E-state index >= 15 is 0 Å². The molecule has 2 N–H and O–H groups in total. The van der Waals surface area contributed by atoms with Crippen molar-refractivity contribution in [2.24, 2.45) is 17.8 Å². The molecule has 0 saturated heterocycles. The molecule has 4 unspecified atom stereocenters. The molecule has 0 heterocycles. The molecule has 2 aliphatic rings. The van der Waals surface area contributed by atoms with Crippen LogP contribution in [0.25, 0.3) is 0 Å². The van der Waals surface area contributed by atoms with Gasteiger partial charge in [-0.3, -0.25) is 4.79 Å². The van der Waals surface area contributed by atoms with Crippen LogP contribution < -0.4 is 10.6 Å². The van der Waals surface area contributed by atoms with E-state index in [2.05, 4.69) is 10.6 Å². The Kier molecular flexibility index (Phi) is 5.06. The lowest BCUT2D eigenvalue weighted by atomic mass is 9.95. The van der Waals surface area contributed by atoms with Gasteiger partial charge < -0.3 is 10.6 Å². The van der Waals surface area contributed by atoms with E-state index in [0.717, 1.165) is 18.4 Å².